The predicted molar refractivity (Wildman–Crippen MR) is 118 cm³/mol. The third-order valence-electron chi connectivity index (χ3n) is 4.90. The van der Waals surface area contributed by atoms with Crippen molar-refractivity contribution >= 4 is 17.5 Å². The van der Waals surface area contributed by atoms with Crippen LogP contribution in [0, 0.1) is 0 Å². The molecular formula is C24H26N4O2. The van der Waals surface area contributed by atoms with Gasteiger partial charge in [0, 0.05) is 30.2 Å². The summed E-state index contributed by atoms with van der Waals surface area (Å²) in [5.74, 6) is -0.260. The van der Waals surface area contributed by atoms with Gasteiger partial charge in [-0.1, -0.05) is 49.4 Å². The molecule has 1 atom stereocenters. The standard InChI is InChI=1S/C24H26N4O2/c1-3-28(2)22(19-9-5-4-6-10-19)24(30)26-17-18-8-7-11-21(16-18)27-23(29)20-12-14-25-15-13-20/h4-16,22H,3,17H2,1-2H3,(H,26,30)(H,27,29). The van der Waals surface area contributed by atoms with Crippen LogP contribution in [0.4, 0.5) is 5.69 Å². The molecule has 0 aliphatic carbocycles. The molecule has 154 valence electrons. The zero-order valence-corrected chi connectivity index (χ0v) is 17.2. The fraction of sp³-hybridized carbons (Fsp3) is 0.208. The number of benzene rings is 2. The van der Waals surface area contributed by atoms with Gasteiger partial charge in [-0.3, -0.25) is 19.5 Å². The second-order valence-electron chi connectivity index (χ2n) is 6.99. The maximum atomic E-state index is 12.9. The molecular weight excluding hydrogens is 376 g/mol. The smallest absolute Gasteiger partial charge is 0.255 e. The molecule has 0 aliphatic heterocycles. The molecule has 0 bridgehead atoms. The van der Waals surface area contributed by atoms with E-state index in [0.717, 1.165) is 17.7 Å². The first-order chi connectivity index (χ1) is 14.6. The fourth-order valence-corrected chi connectivity index (χ4v) is 3.18. The van der Waals surface area contributed by atoms with Crippen molar-refractivity contribution in [1.29, 1.82) is 0 Å². The van der Waals surface area contributed by atoms with Gasteiger partial charge in [-0.2, -0.15) is 0 Å². The zero-order chi connectivity index (χ0) is 21.3. The summed E-state index contributed by atoms with van der Waals surface area (Å²) in [7, 11) is 1.94. The Labute approximate surface area is 177 Å². The summed E-state index contributed by atoms with van der Waals surface area (Å²) in [6, 6.07) is 20.2. The second kappa shape index (κ2) is 10.3. The molecule has 2 aromatic carbocycles. The lowest BCUT2D eigenvalue weighted by Crippen LogP contribution is -2.38. The van der Waals surface area contributed by atoms with E-state index in [1.807, 2.05) is 73.5 Å². The maximum Gasteiger partial charge on any atom is 0.255 e. The van der Waals surface area contributed by atoms with Crippen molar-refractivity contribution in [2.75, 3.05) is 18.9 Å². The van der Waals surface area contributed by atoms with Crippen LogP contribution in [0.2, 0.25) is 0 Å². The number of aromatic nitrogens is 1. The van der Waals surface area contributed by atoms with E-state index in [4.69, 9.17) is 0 Å². The molecule has 2 N–H and O–H groups in total. The number of hydrogen-bond donors (Lipinski definition) is 2. The number of carbonyl (C=O) groups excluding carboxylic acids is 2. The van der Waals surface area contributed by atoms with Crippen LogP contribution in [-0.2, 0) is 11.3 Å². The van der Waals surface area contributed by atoms with E-state index in [-0.39, 0.29) is 17.9 Å². The monoisotopic (exact) mass is 402 g/mol. The Morgan fingerprint density at radius 2 is 1.73 bits per heavy atom. The molecule has 30 heavy (non-hydrogen) atoms. The minimum Gasteiger partial charge on any atom is -0.350 e. The van der Waals surface area contributed by atoms with Crippen molar-refractivity contribution in [3.05, 3.63) is 95.8 Å². The van der Waals surface area contributed by atoms with Crippen molar-refractivity contribution in [1.82, 2.24) is 15.2 Å². The largest absolute Gasteiger partial charge is 0.350 e. The van der Waals surface area contributed by atoms with Crippen molar-refractivity contribution in [2.45, 2.75) is 19.5 Å². The normalized spacial score (nSPS) is 11.7. The van der Waals surface area contributed by atoms with Gasteiger partial charge in [-0.05, 0) is 49.0 Å². The van der Waals surface area contributed by atoms with Gasteiger partial charge in [0.05, 0.1) is 0 Å². The first-order valence-corrected chi connectivity index (χ1v) is 9.91. The van der Waals surface area contributed by atoms with Crippen LogP contribution in [0.15, 0.2) is 79.1 Å². The summed E-state index contributed by atoms with van der Waals surface area (Å²) in [6.07, 6.45) is 3.16. The van der Waals surface area contributed by atoms with Crippen LogP contribution in [-0.4, -0.2) is 35.3 Å². The Morgan fingerprint density at radius 3 is 2.43 bits per heavy atom. The summed E-state index contributed by atoms with van der Waals surface area (Å²) in [5.41, 5.74) is 3.07. The van der Waals surface area contributed by atoms with Gasteiger partial charge in [0.1, 0.15) is 6.04 Å². The Kier molecular flexibility index (Phi) is 7.29. The number of anilines is 1. The highest BCUT2D eigenvalue weighted by atomic mass is 16.2. The van der Waals surface area contributed by atoms with Gasteiger partial charge < -0.3 is 10.6 Å². The molecule has 0 radical (unpaired) electrons. The maximum absolute atomic E-state index is 12.9. The molecule has 6 heteroatoms. The molecule has 0 saturated heterocycles. The number of hydrogen-bond acceptors (Lipinski definition) is 4. The topological polar surface area (TPSA) is 74.3 Å². The lowest BCUT2D eigenvalue weighted by Gasteiger charge is -2.26. The number of nitrogens with zero attached hydrogens (tertiary/aromatic N) is 2. The molecule has 2 amide bonds. The van der Waals surface area contributed by atoms with Gasteiger partial charge in [0.15, 0.2) is 0 Å². The molecule has 0 fully saturated rings. The highest BCUT2D eigenvalue weighted by Crippen LogP contribution is 2.20. The van der Waals surface area contributed by atoms with Gasteiger partial charge in [-0.25, -0.2) is 0 Å². The lowest BCUT2D eigenvalue weighted by molar-refractivity contribution is -0.126. The molecule has 6 nitrogen and oxygen atoms in total. The first-order valence-electron chi connectivity index (χ1n) is 9.91. The molecule has 1 unspecified atom stereocenters. The number of amides is 2. The van der Waals surface area contributed by atoms with Crippen LogP contribution in [0.25, 0.3) is 0 Å². The van der Waals surface area contributed by atoms with Crippen molar-refractivity contribution in [3.63, 3.8) is 0 Å². The molecule has 3 rings (SSSR count). The van der Waals surface area contributed by atoms with Crippen LogP contribution >= 0.6 is 0 Å². The van der Waals surface area contributed by atoms with Crippen molar-refractivity contribution in [3.8, 4) is 0 Å². The van der Waals surface area contributed by atoms with Crippen LogP contribution in [0.5, 0.6) is 0 Å². The Balaban J connectivity index is 1.65. The number of carbonyl (C=O) groups is 2. The van der Waals surface area contributed by atoms with E-state index in [1.165, 1.54) is 0 Å². The quantitative estimate of drug-likeness (QED) is 0.603. The second-order valence-corrected chi connectivity index (χ2v) is 6.99. The molecule has 1 heterocycles. The minimum absolute atomic E-state index is 0.0585. The molecule has 1 aromatic heterocycles. The number of rotatable bonds is 8. The van der Waals surface area contributed by atoms with Gasteiger partial charge >= 0.3 is 0 Å². The summed E-state index contributed by atoms with van der Waals surface area (Å²) in [4.78, 5) is 31.2. The fourth-order valence-electron chi connectivity index (χ4n) is 3.18. The van der Waals surface area contributed by atoms with E-state index < -0.39 is 0 Å². The Hall–Kier alpha value is -3.51. The number of likely N-dealkylation sites (N-methyl/N-ethyl adjacent to an activating group) is 1. The van der Waals surface area contributed by atoms with Gasteiger partial charge in [0.2, 0.25) is 5.91 Å². The van der Waals surface area contributed by atoms with E-state index in [2.05, 4.69) is 15.6 Å². The Morgan fingerprint density at radius 1 is 1.00 bits per heavy atom. The SMILES string of the molecule is CCN(C)C(C(=O)NCc1cccc(NC(=O)c2ccncc2)c1)c1ccccc1. The summed E-state index contributed by atoms with van der Waals surface area (Å²) in [5, 5.41) is 5.90. The van der Waals surface area contributed by atoms with Crippen LogP contribution < -0.4 is 10.6 Å². The minimum atomic E-state index is -0.356. The average Bonchev–Trinajstić information content (AvgIpc) is 2.79. The van der Waals surface area contributed by atoms with Gasteiger partial charge in [0.25, 0.3) is 5.91 Å². The van der Waals surface area contributed by atoms with Crippen molar-refractivity contribution in [2.24, 2.45) is 0 Å². The van der Waals surface area contributed by atoms with E-state index in [0.29, 0.717) is 17.8 Å². The average molecular weight is 402 g/mol. The number of pyridine rings is 1. The van der Waals surface area contributed by atoms with E-state index in [1.54, 1.807) is 24.5 Å². The number of nitrogens with one attached hydrogen (secondary N) is 2. The summed E-state index contributed by atoms with van der Waals surface area (Å²) < 4.78 is 0. The van der Waals surface area contributed by atoms with Crippen LogP contribution in [0.1, 0.15) is 34.5 Å². The van der Waals surface area contributed by atoms with Crippen molar-refractivity contribution < 1.29 is 9.59 Å². The van der Waals surface area contributed by atoms with Gasteiger partial charge in [-0.15, -0.1) is 0 Å². The van der Waals surface area contributed by atoms with Crippen LogP contribution in [0.3, 0.4) is 0 Å². The molecule has 0 spiro atoms. The van der Waals surface area contributed by atoms with E-state index in [9.17, 15) is 9.59 Å². The molecule has 3 aromatic rings. The Bertz CT molecular complexity index is 977. The first kappa shape index (κ1) is 21.2. The summed E-state index contributed by atoms with van der Waals surface area (Å²) in [6.45, 7) is 3.15. The third kappa shape index (κ3) is 5.52. The summed E-state index contributed by atoms with van der Waals surface area (Å²) >= 11 is 0. The molecule has 0 aliphatic rings. The third-order valence-corrected chi connectivity index (χ3v) is 4.90. The highest BCUT2D eigenvalue weighted by Gasteiger charge is 2.23. The zero-order valence-electron chi connectivity index (χ0n) is 17.2. The predicted octanol–water partition coefficient (Wildman–Crippen LogP) is 3.64. The highest BCUT2D eigenvalue weighted by molar-refractivity contribution is 6.04. The van der Waals surface area contributed by atoms with E-state index >= 15 is 0 Å². The molecule has 0 saturated carbocycles. The lowest BCUT2D eigenvalue weighted by atomic mass is 10.0.